The van der Waals surface area contributed by atoms with Crippen LogP contribution < -0.4 is 9.80 Å². The Labute approximate surface area is 374 Å². The maximum Gasteiger partial charge on any atom is 0.0742 e. The Morgan fingerprint density at radius 1 is 0.286 bits per heavy atom. The van der Waals surface area contributed by atoms with E-state index in [0.717, 1.165) is 0 Å². The van der Waals surface area contributed by atoms with Crippen LogP contribution in [0.3, 0.4) is 0 Å². The second-order valence-electron chi connectivity index (χ2n) is 19.6. The fraction of sp³-hybridized carbons (Fsp3) is 0.213. The van der Waals surface area contributed by atoms with Gasteiger partial charge in [-0.3, -0.25) is 0 Å². The van der Waals surface area contributed by atoms with Crippen LogP contribution in [0.1, 0.15) is 103 Å². The Bertz CT molecular complexity index is 2840. The summed E-state index contributed by atoms with van der Waals surface area (Å²) in [6.07, 6.45) is 0. The van der Waals surface area contributed by atoms with Crippen molar-refractivity contribution in [1.82, 2.24) is 0 Å². The van der Waals surface area contributed by atoms with Crippen molar-refractivity contribution in [1.29, 1.82) is 0 Å². The summed E-state index contributed by atoms with van der Waals surface area (Å²) in [6.45, 7) is 18.1. The molecule has 0 atom stereocenters. The molecule has 63 heavy (non-hydrogen) atoms. The molecule has 0 amide bonds. The first-order valence-corrected chi connectivity index (χ1v) is 22.6. The van der Waals surface area contributed by atoms with Gasteiger partial charge in [0, 0.05) is 42.3 Å². The van der Waals surface area contributed by atoms with E-state index >= 15 is 0 Å². The van der Waals surface area contributed by atoms with E-state index in [-0.39, 0.29) is 5.41 Å². The molecule has 1 aliphatic carbocycles. The molecule has 0 spiro atoms. The Morgan fingerprint density at radius 3 is 0.857 bits per heavy atom. The molecule has 3 aliphatic rings. The van der Waals surface area contributed by atoms with Gasteiger partial charge in [0.05, 0.1) is 10.8 Å². The fourth-order valence-corrected chi connectivity index (χ4v) is 11.8. The lowest BCUT2D eigenvalue weighted by Crippen LogP contribution is -2.38. The smallest absolute Gasteiger partial charge is 0.0742 e. The predicted octanol–water partition coefficient (Wildman–Crippen LogP) is 14.8. The minimum atomic E-state index is -0.565. The van der Waals surface area contributed by atoms with Gasteiger partial charge in [-0.05, 0) is 145 Å². The van der Waals surface area contributed by atoms with Gasteiger partial charge < -0.3 is 9.80 Å². The van der Waals surface area contributed by atoms with Gasteiger partial charge >= 0.3 is 0 Å². The average Bonchev–Trinajstić information content (AvgIpc) is 3.49. The molecule has 0 radical (unpaired) electrons. The van der Waals surface area contributed by atoms with Crippen LogP contribution in [0.15, 0.2) is 158 Å². The number of anilines is 4. The summed E-state index contributed by atoms with van der Waals surface area (Å²) < 4.78 is 0. The SMILES string of the molecule is Cc1ccc(C2(c3ccc(C)cc3)c3cc(C)ccc3N(C)c3cc4c(cc32)-c2cc3c(cc2C4(C)C)N(C)c2ccc(C)cc2C3(c2ccc(C)cc2)c2ccc(C)cc2)cc1. The van der Waals surface area contributed by atoms with E-state index in [9.17, 15) is 0 Å². The van der Waals surface area contributed by atoms with Gasteiger partial charge in [-0.15, -0.1) is 0 Å². The molecule has 0 N–H and O–H groups in total. The summed E-state index contributed by atoms with van der Waals surface area (Å²) in [7, 11) is 4.54. The third-order valence-electron chi connectivity index (χ3n) is 15.2. The quantitative estimate of drug-likeness (QED) is 0.175. The van der Waals surface area contributed by atoms with Gasteiger partial charge in [0.2, 0.25) is 0 Å². The molecule has 2 heterocycles. The molecule has 0 saturated carbocycles. The van der Waals surface area contributed by atoms with Crippen molar-refractivity contribution >= 4 is 22.7 Å². The monoisotopic (exact) mass is 816 g/mol. The molecule has 2 nitrogen and oxygen atoms in total. The highest BCUT2D eigenvalue weighted by Crippen LogP contribution is 2.63. The highest BCUT2D eigenvalue weighted by atomic mass is 15.1. The van der Waals surface area contributed by atoms with Gasteiger partial charge in [-0.25, -0.2) is 0 Å². The van der Waals surface area contributed by atoms with Crippen molar-refractivity contribution in [2.75, 3.05) is 23.9 Å². The van der Waals surface area contributed by atoms with Gasteiger partial charge in [-0.2, -0.15) is 0 Å². The van der Waals surface area contributed by atoms with Gasteiger partial charge in [0.15, 0.2) is 0 Å². The van der Waals surface area contributed by atoms with Crippen molar-refractivity contribution in [3.63, 3.8) is 0 Å². The zero-order chi connectivity index (χ0) is 43.7. The van der Waals surface area contributed by atoms with Crippen molar-refractivity contribution in [3.05, 3.63) is 247 Å². The van der Waals surface area contributed by atoms with Crippen LogP contribution in [0.4, 0.5) is 22.7 Å². The first kappa shape index (κ1) is 39.2. The summed E-state index contributed by atoms with van der Waals surface area (Å²) >= 11 is 0. The topological polar surface area (TPSA) is 6.48 Å². The molecule has 0 bridgehead atoms. The first-order chi connectivity index (χ1) is 30.2. The maximum atomic E-state index is 2.61. The number of hydrogen-bond donors (Lipinski definition) is 0. The highest BCUT2D eigenvalue weighted by molar-refractivity contribution is 5.94. The lowest BCUT2D eigenvalue weighted by atomic mass is 9.61. The highest BCUT2D eigenvalue weighted by Gasteiger charge is 2.51. The Morgan fingerprint density at radius 2 is 0.556 bits per heavy atom. The zero-order valence-electron chi connectivity index (χ0n) is 38.4. The van der Waals surface area contributed by atoms with E-state index in [1.54, 1.807) is 0 Å². The van der Waals surface area contributed by atoms with Crippen molar-refractivity contribution < 1.29 is 0 Å². The lowest BCUT2D eigenvalue weighted by Gasteiger charge is -2.46. The maximum absolute atomic E-state index is 2.61. The van der Waals surface area contributed by atoms with Crippen LogP contribution in [0.25, 0.3) is 11.1 Å². The molecular weight excluding hydrogens is 761 g/mol. The first-order valence-electron chi connectivity index (χ1n) is 22.6. The van der Waals surface area contributed by atoms with E-state index < -0.39 is 10.8 Å². The van der Waals surface area contributed by atoms with Crippen LogP contribution >= 0.6 is 0 Å². The van der Waals surface area contributed by atoms with Gasteiger partial charge in [0.25, 0.3) is 0 Å². The molecule has 8 aromatic rings. The summed E-state index contributed by atoms with van der Waals surface area (Å²) in [6, 6.07) is 61.8. The Hall–Kier alpha value is -6.64. The van der Waals surface area contributed by atoms with Crippen molar-refractivity contribution in [2.45, 2.75) is 71.6 Å². The number of fused-ring (bicyclic) bond motifs is 7. The predicted molar refractivity (Wildman–Crippen MR) is 265 cm³/mol. The van der Waals surface area contributed by atoms with E-state index in [4.69, 9.17) is 0 Å². The molecule has 0 unspecified atom stereocenters. The van der Waals surface area contributed by atoms with E-state index in [1.165, 1.54) is 123 Å². The third kappa shape index (κ3) is 5.37. The van der Waals surface area contributed by atoms with Gasteiger partial charge in [0.1, 0.15) is 0 Å². The van der Waals surface area contributed by atoms with Crippen LogP contribution in [-0.2, 0) is 16.2 Å². The minimum Gasteiger partial charge on any atom is -0.344 e. The molecule has 0 aromatic heterocycles. The Balaban J connectivity index is 1.27. The van der Waals surface area contributed by atoms with Crippen LogP contribution in [0.5, 0.6) is 0 Å². The molecular formula is C61H56N2. The molecule has 2 aliphatic heterocycles. The number of aryl methyl sites for hydroxylation is 6. The summed E-state index contributed by atoms with van der Waals surface area (Å²) in [4.78, 5) is 4.92. The van der Waals surface area contributed by atoms with E-state index in [0.29, 0.717) is 0 Å². The minimum absolute atomic E-state index is 0.260. The van der Waals surface area contributed by atoms with E-state index in [1.807, 2.05) is 0 Å². The molecule has 0 saturated heterocycles. The molecule has 2 heteroatoms. The molecule has 8 aromatic carbocycles. The van der Waals surface area contributed by atoms with Crippen LogP contribution in [0, 0.1) is 41.5 Å². The number of benzene rings is 8. The van der Waals surface area contributed by atoms with Gasteiger partial charge in [-0.1, -0.05) is 169 Å². The van der Waals surface area contributed by atoms with Crippen LogP contribution in [-0.4, -0.2) is 14.1 Å². The third-order valence-corrected chi connectivity index (χ3v) is 15.2. The molecule has 310 valence electrons. The van der Waals surface area contributed by atoms with E-state index in [2.05, 4.69) is 237 Å². The van der Waals surface area contributed by atoms with Crippen LogP contribution in [0.2, 0.25) is 0 Å². The summed E-state index contributed by atoms with van der Waals surface area (Å²) in [5.41, 5.74) is 27.0. The second kappa shape index (κ2) is 13.7. The molecule has 11 rings (SSSR count). The summed E-state index contributed by atoms with van der Waals surface area (Å²) in [5.74, 6) is 0. The largest absolute Gasteiger partial charge is 0.344 e. The fourth-order valence-electron chi connectivity index (χ4n) is 11.8. The average molecular weight is 817 g/mol. The lowest BCUT2D eigenvalue weighted by molar-refractivity contribution is 0.655. The number of rotatable bonds is 4. The standard InChI is InChI=1S/C61H56N2/c1-37-11-21-43(22-12-37)60(44-23-13-38(2)14-24-44)51-31-41(5)19-29-55(51)62(9)57-35-49-47(33-53(57)60)48-34-54-58(36-50(48)59(49,7)8)63(10)56-30-20-42(6)32-52(56)61(54,45-25-15-39(3)16-26-45)46-27-17-40(4)18-28-46/h11-36H,1-10H3. The zero-order valence-corrected chi connectivity index (χ0v) is 38.4. The van der Waals surface area contributed by atoms with Crippen molar-refractivity contribution in [3.8, 4) is 11.1 Å². The summed E-state index contributed by atoms with van der Waals surface area (Å²) in [5, 5.41) is 0. The van der Waals surface area contributed by atoms with Crippen molar-refractivity contribution in [2.24, 2.45) is 0 Å². The number of nitrogens with zero attached hydrogens (tertiary/aromatic N) is 2. The Kier molecular flexibility index (Phi) is 8.52. The second-order valence-corrected chi connectivity index (χ2v) is 19.6. The molecule has 0 fully saturated rings. The normalized spacial score (nSPS) is 15.8. The number of hydrogen-bond acceptors (Lipinski definition) is 2.